The Morgan fingerprint density at radius 2 is 2.10 bits per heavy atom. The van der Waals surface area contributed by atoms with Crippen LogP contribution >= 0.6 is 0 Å². The number of hydrogen-bond donors (Lipinski definition) is 1. The third kappa shape index (κ3) is 4.20. The summed E-state index contributed by atoms with van der Waals surface area (Å²) in [5.41, 5.74) is 1.42. The fraction of sp³-hybridized carbons (Fsp3) is 0.533. The van der Waals surface area contributed by atoms with E-state index in [9.17, 15) is 13.2 Å². The molecule has 0 aliphatic carbocycles. The van der Waals surface area contributed by atoms with Crippen molar-refractivity contribution in [2.75, 3.05) is 18.1 Å². The summed E-state index contributed by atoms with van der Waals surface area (Å²) in [4.78, 5) is 11.9. The minimum atomic E-state index is -3.03. The monoisotopic (exact) mass is 311 g/mol. The highest BCUT2D eigenvalue weighted by Crippen LogP contribution is 2.23. The van der Waals surface area contributed by atoms with Crippen LogP contribution in [0.3, 0.4) is 0 Å². The van der Waals surface area contributed by atoms with E-state index >= 15 is 0 Å². The van der Waals surface area contributed by atoms with Gasteiger partial charge in [0.25, 0.3) is 5.91 Å². The first-order valence-electron chi connectivity index (χ1n) is 6.91. The van der Waals surface area contributed by atoms with Crippen LogP contribution in [-0.4, -0.2) is 38.0 Å². The van der Waals surface area contributed by atoms with Crippen LogP contribution in [0.25, 0.3) is 0 Å². The number of amides is 1. The highest BCUT2D eigenvalue weighted by Gasteiger charge is 2.39. The van der Waals surface area contributed by atoms with Crippen LogP contribution in [0.15, 0.2) is 18.2 Å². The average molecular weight is 311 g/mol. The topological polar surface area (TPSA) is 72.5 Å². The number of aryl methyl sites for hydroxylation is 2. The Kier molecular flexibility index (Phi) is 4.27. The molecular weight excluding hydrogens is 290 g/mol. The average Bonchev–Trinajstić information content (AvgIpc) is 2.62. The van der Waals surface area contributed by atoms with E-state index < -0.39 is 15.4 Å². The molecule has 0 aromatic heterocycles. The van der Waals surface area contributed by atoms with Gasteiger partial charge < -0.3 is 10.1 Å². The summed E-state index contributed by atoms with van der Waals surface area (Å²) in [7, 11) is -3.03. The summed E-state index contributed by atoms with van der Waals surface area (Å²) < 4.78 is 28.5. The lowest BCUT2D eigenvalue weighted by Gasteiger charge is -2.23. The largest absolute Gasteiger partial charge is 0.484 e. The first kappa shape index (κ1) is 15.8. The van der Waals surface area contributed by atoms with Gasteiger partial charge in [0.05, 0.1) is 17.0 Å². The Hall–Kier alpha value is -1.56. The highest BCUT2D eigenvalue weighted by atomic mass is 32.2. The van der Waals surface area contributed by atoms with Crippen molar-refractivity contribution < 1.29 is 17.9 Å². The van der Waals surface area contributed by atoms with Crippen LogP contribution in [-0.2, 0) is 14.6 Å². The lowest BCUT2D eigenvalue weighted by atomic mass is 10.0. The number of benzene rings is 1. The number of ether oxygens (including phenoxy) is 1. The number of sulfone groups is 1. The minimum Gasteiger partial charge on any atom is -0.484 e. The van der Waals surface area contributed by atoms with Gasteiger partial charge in [-0.05, 0) is 38.8 Å². The van der Waals surface area contributed by atoms with Crippen LogP contribution in [0, 0.1) is 13.8 Å². The van der Waals surface area contributed by atoms with E-state index in [2.05, 4.69) is 5.32 Å². The molecular formula is C15H21NO4S. The van der Waals surface area contributed by atoms with Crippen LogP contribution in [0.2, 0.25) is 0 Å². The van der Waals surface area contributed by atoms with Gasteiger partial charge in [0.2, 0.25) is 0 Å². The second kappa shape index (κ2) is 5.67. The molecule has 1 aliphatic rings. The second-order valence-corrected chi connectivity index (χ2v) is 8.19. The van der Waals surface area contributed by atoms with E-state index in [0.29, 0.717) is 12.2 Å². The van der Waals surface area contributed by atoms with Gasteiger partial charge in [-0.25, -0.2) is 8.42 Å². The van der Waals surface area contributed by atoms with Gasteiger partial charge >= 0.3 is 0 Å². The molecule has 1 saturated heterocycles. The zero-order valence-corrected chi connectivity index (χ0v) is 13.4. The van der Waals surface area contributed by atoms with Crippen LogP contribution in [0.1, 0.15) is 24.5 Å². The van der Waals surface area contributed by atoms with Crippen molar-refractivity contribution in [2.24, 2.45) is 0 Å². The summed E-state index contributed by atoms with van der Waals surface area (Å²) >= 11 is 0. The van der Waals surface area contributed by atoms with E-state index in [4.69, 9.17) is 4.74 Å². The molecule has 116 valence electrons. The summed E-state index contributed by atoms with van der Waals surface area (Å²) in [6, 6.07) is 5.74. The maximum atomic E-state index is 11.9. The minimum absolute atomic E-state index is 0.00466. The molecule has 0 saturated carbocycles. The van der Waals surface area contributed by atoms with Crippen molar-refractivity contribution in [1.29, 1.82) is 0 Å². The molecule has 0 spiro atoms. The molecule has 1 aliphatic heterocycles. The quantitative estimate of drug-likeness (QED) is 0.911. The van der Waals surface area contributed by atoms with Crippen molar-refractivity contribution in [3.05, 3.63) is 29.3 Å². The third-order valence-electron chi connectivity index (χ3n) is 3.63. The third-order valence-corrected chi connectivity index (χ3v) is 5.54. The predicted molar refractivity (Wildman–Crippen MR) is 81.2 cm³/mol. The summed E-state index contributed by atoms with van der Waals surface area (Å²) in [5.74, 6) is 0.492. The maximum Gasteiger partial charge on any atom is 0.258 e. The smallest absolute Gasteiger partial charge is 0.258 e. The molecule has 1 heterocycles. The predicted octanol–water partition coefficient (Wildman–Crippen LogP) is 1.38. The van der Waals surface area contributed by atoms with Gasteiger partial charge in [0.15, 0.2) is 16.4 Å². The molecule has 0 bridgehead atoms. The number of carbonyl (C=O) groups is 1. The molecule has 1 aromatic carbocycles. The van der Waals surface area contributed by atoms with E-state index in [-0.39, 0.29) is 24.0 Å². The number of carbonyl (C=O) groups excluding carboxylic acids is 1. The molecule has 5 nitrogen and oxygen atoms in total. The van der Waals surface area contributed by atoms with Gasteiger partial charge in [-0.3, -0.25) is 4.79 Å². The Balaban J connectivity index is 1.91. The molecule has 1 amide bonds. The number of rotatable bonds is 4. The van der Waals surface area contributed by atoms with Crippen LogP contribution in [0.4, 0.5) is 0 Å². The molecule has 1 aromatic rings. The normalized spacial score (nSPS) is 23.8. The van der Waals surface area contributed by atoms with E-state index in [1.165, 1.54) is 0 Å². The number of nitrogens with one attached hydrogen (secondary N) is 1. The lowest BCUT2D eigenvalue weighted by Crippen LogP contribution is -2.48. The van der Waals surface area contributed by atoms with Crippen molar-refractivity contribution >= 4 is 15.7 Å². The zero-order valence-electron chi connectivity index (χ0n) is 12.6. The van der Waals surface area contributed by atoms with Crippen LogP contribution in [0.5, 0.6) is 5.75 Å². The SMILES string of the molecule is Cc1ccc(OCC(=O)N[C@]2(C)CCS(=O)(=O)C2)c(C)c1. The van der Waals surface area contributed by atoms with E-state index in [1.807, 2.05) is 32.0 Å². The van der Waals surface area contributed by atoms with Crippen molar-refractivity contribution in [2.45, 2.75) is 32.7 Å². The lowest BCUT2D eigenvalue weighted by molar-refractivity contribution is -0.124. The zero-order chi connectivity index (χ0) is 15.7. The second-order valence-electron chi connectivity index (χ2n) is 6.01. The van der Waals surface area contributed by atoms with E-state index in [0.717, 1.165) is 11.1 Å². The Morgan fingerprint density at radius 1 is 1.38 bits per heavy atom. The van der Waals surface area contributed by atoms with Gasteiger partial charge in [-0.15, -0.1) is 0 Å². The molecule has 1 N–H and O–H groups in total. The van der Waals surface area contributed by atoms with Gasteiger partial charge in [0.1, 0.15) is 5.75 Å². The first-order valence-corrected chi connectivity index (χ1v) is 8.73. The molecule has 0 unspecified atom stereocenters. The van der Waals surface area contributed by atoms with Crippen molar-refractivity contribution in [1.82, 2.24) is 5.32 Å². The first-order chi connectivity index (χ1) is 9.69. The Labute approximate surface area is 125 Å². The van der Waals surface area contributed by atoms with Gasteiger partial charge in [-0.2, -0.15) is 0 Å². The standard InChI is InChI=1S/C15H21NO4S/c1-11-4-5-13(12(2)8-11)20-9-14(17)16-15(3)6-7-21(18,19)10-15/h4-5,8H,6-7,9-10H2,1-3H3,(H,16,17)/t15-/m1/s1. The van der Waals surface area contributed by atoms with Crippen molar-refractivity contribution in [3.63, 3.8) is 0 Å². The molecule has 6 heteroatoms. The van der Waals surface area contributed by atoms with Crippen LogP contribution < -0.4 is 10.1 Å². The number of hydrogen-bond acceptors (Lipinski definition) is 4. The summed E-state index contributed by atoms with van der Waals surface area (Å²) in [6.45, 7) is 5.56. The maximum absolute atomic E-state index is 11.9. The van der Waals surface area contributed by atoms with E-state index in [1.54, 1.807) is 6.92 Å². The molecule has 0 radical (unpaired) electrons. The fourth-order valence-corrected chi connectivity index (χ4v) is 4.68. The summed E-state index contributed by atoms with van der Waals surface area (Å²) in [6.07, 6.45) is 0.449. The molecule has 1 atom stereocenters. The van der Waals surface area contributed by atoms with Crippen molar-refractivity contribution in [3.8, 4) is 5.75 Å². The highest BCUT2D eigenvalue weighted by molar-refractivity contribution is 7.91. The molecule has 21 heavy (non-hydrogen) atoms. The fourth-order valence-electron chi connectivity index (χ4n) is 2.59. The molecule has 1 fully saturated rings. The Bertz CT molecular complexity index is 654. The summed E-state index contributed by atoms with van der Waals surface area (Å²) in [5, 5.41) is 2.77. The van der Waals surface area contributed by atoms with Gasteiger partial charge in [0, 0.05) is 0 Å². The van der Waals surface area contributed by atoms with Gasteiger partial charge in [-0.1, -0.05) is 17.7 Å². The molecule has 2 rings (SSSR count). The Morgan fingerprint density at radius 3 is 2.67 bits per heavy atom.